The molecule has 1 saturated heterocycles. The van der Waals surface area contributed by atoms with Crippen LogP contribution in [0.25, 0.3) is 0 Å². The molecule has 1 fully saturated rings. The molecule has 1 unspecified atom stereocenters. The molecular weight excluding hydrogens is 258 g/mol. The average molecular weight is 268 g/mol. The lowest BCUT2D eigenvalue weighted by molar-refractivity contribution is -0.150. The number of halogens is 1. The van der Waals surface area contributed by atoms with Gasteiger partial charge in [-0.3, -0.25) is 14.9 Å². The number of imide groups is 1. The Kier molecular flexibility index (Phi) is 3.34. The SMILES string of the molecule is O=C1CC(Cl)(C(=O)OCc2ccccc2)C(=O)N1. The summed E-state index contributed by atoms with van der Waals surface area (Å²) < 4.78 is 4.95. The third kappa shape index (κ3) is 2.36. The van der Waals surface area contributed by atoms with Gasteiger partial charge in [-0.15, -0.1) is 0 Å². The number of carbonyl (C=O) groups is 3. The zero-order chi connectivity index (χ0) is 13.2. The van der Waals surface area contributed by atoms with E-state index >= 15 is 0 Å². The van der Waals surface area contributed by atoms with Gasteiger partial charge in [-0.05, 0) is 5.56 Å². The lowest BCUT2D eigenvalue weighted by Crippen LogP contribution is -2.41. The van der Waals surface area contributed by atoms with Crippen molar-refractivity contribution in [2.24, 2.45) is 0 Å². The standard InChI is InChI=1S/C12H10ClNO4/c13-12(6-9(15)14-10(12)16)11(17)18-7-8-4-2-1-3-5-8/h1-5H,6-7H2,(H,14,15,16). The number of amides is 2. The predicted octanol–water partition coefficient (Wildman–Crippen LogP) is 0.754. The quantitative estimate of drug-likeness (QED) is 0.380. The first-order valence-electron chi connectivity index (χ1n) is 5.27. The minimum absolute atomic E-state index is 0.00954. The summed E-state index contributed by atoms with van der Waals surface area (Å²) in [6.45, 7) is 0.00954. The van der Waals surface area contributed by atoms with Crippen LogP contribution >= 0.6 is 11.6 Å². The Bertz CT molecular complexity index is 502. The number of hydrogen-bond donors (Lipinski definition) is 1. The molecule has 1 heterocycles. The second-order valence-electron chi connectivity index (χ2n) is 3.92. The van der Waals surface area contributed by atoms with Crippen LogP contribution < -0.4 is 5.32 Å². The lowest BCUT2D eigenvalue weighted by atomic mass is 10.1. The lowest BCUT2D eigenvalue weighted by Gasteiger charge is -2.15. The highest BCUT2D eigenvalue weighted by Gasteiger charge is 2.53. The van der Waals surface area contributed by atoms with Gasteiger partial charge in [-0.25, -0.2) is 4.79 Å². The normalized spacial score (nSPS) is 22.7. The molecule has 1 aliphatic heterocycles. The van der Waals surface area contributed by atoms with E-state index in [1.165, 1.54) is 0 Å². The van der Waals surface area contributed by atoms with Crippen molar-refractivity contribution in [3.05, 3.63) is 35.9 Å². The first kappa shape index (κ1) is 12.6. The monoisotopic (exact) mass is 267 g/mol. The summed E-state index contributed by atoms with van der Waals surface area (Å²) in [5, 5.41) is 1.98. The Labute approximate surface area is 108 Å². The summed E-state index contributed by atoms with van der Waals surface area (Å²) in [4.78, 5) is 32.2. The number of ether oxygens (including phenoxy) is 1. The van der Waals surface area contributed by atoms with E-state index in [9.17, 15) is 14.4 Å². The topological polar surface area (TPSA) is 72.5 Å². The van der Waals surface area contributed by atoms with E-state index in [1.807, 2.05) is 11.4 Å². The van der Waals surface area contributed by atoms with Crippen LogP contribution in [0.3, 0.4) is 0 Å². The Balaban J connectivity index is 2.00. The van der Waals surface area contributed by atoms with E-state index in [0.717, 1.165) is 5.56 Å². The van der Waals surface area contributed by atoms with E-state index in [-0.39, 0.29) is 13.0 Å². The van der Waals surface area contributed by atoms with Gasteiger partial charge in [-0.1, -0.05) is 41.9 Å². The summed E-state index contributed by atoms with van der Waals surface area (Å²) in [5.41, 5.74) is 0.774. The Hall–Kier alpha value is -1.88. The average Bonchev–Trinajstić information content (AvgIpc) is 2.62. The predicted molar refractivity (Wildman–Crippen MR) is 62.6 cm³/mol. The van der Waals surface area contributed by atoms with Crippen molar-refractivity contribution in [1.29, 1.82) is 0 Å². The van der Waals surface area contributed by atoms with E-state index in [4.69, 9.17) is 16.3 Å². The molecule has 0 spiro atoms. The highest BCUT2D eigenvalue weighted by Crippen LogP contribution is 2.27. The third-order valence-electron chi connectivity index (χ3n) is 2.55. The number of benzene rings is 1. The van der Waals surface area contributed by atoms with Gasteiger partial charge in [-0.2, -0.15) is 0 Å². The van der Waals surface area contributed by atoms with Gasteiger partial charge in [0.1, 0.15) is 6.61 Å². The van der Waals surface area contributed by atoms with Crippen molar-refractivity contribution in [3.8, 4) is 0 Å². The molecule has 6 heteroatoms. The van der Waals surface area contributed by atoms with Crippen LogP contribution in [-0.4, -0.2) is 22.7 Å². The smallest absolute Gasteiger partial charge is 0.337 e. The van der Waals surface area contributed by atoms with Gasteiger partial charge in [0, 0.05) is 0 Å². The molecule has 0 radical (unpaired) electrons. The first-order valence-corrected chi connectivity index (χ1v) is 5.64. The molecule has 0 aromatic heterocycles. The molecule has 1 atom stereocenters. The van der Waals surface area contributed by atoms with Crippen LogP contribution in [-0.2, 0) is 25.7 Å². The van der Waals surface area contributed by atoms with Crippen molar-refractivity contribution >= 4 is 29.4 Å². The maximum atomic E-state index is 11.7. The van der Waals surface area contributed by atoms with E-state index < -0.39 is 22.7 Å². The van der Waals surface area contributed by atoms with Crippen LogP contribution in [0.1, 0.15) is 12.0 Å². The summed E-state index contributed by atoms with van der Waals surface area (Å²) in [5.74, 6) is -2.31. The van der Waals surface area contributed by atoms with Gasteiger partial charge in [0.25, 0.3) is 5.91 Å². The number of nitrogens with one attached hydrogen (secondary N) is 1. The van der Waals surface area contributed by atoms with Crippen molar-refractivity contribution in [2.45, 2.75) is 17.9 Å². The van der Waals surface area contributed by atoms with Crippen LogP contribution in [0.5, 0.6) is 0 Å². The highest BCUT2D eigenvalue weighted by atomic mass is 35.5. The summed E-state index contributed by atoms with van der Waals surface area (Å²) in [7, 11) is 0. The minimum Gasteiger partial charge on any atom is -0.459 e. The maximum absolute atomic E-state index is 11.7. The van der Waals surface area contributed by atoms with Gasteiger partial charge in [0.2, 0.25) is 10.8 Å². The Morgan fingerprint density at radius 3 is 2.56 bits per heavy atom. The summed E-state index contributed by atoms with van der Waals surface area (Å²) >= 11 is 5.83. The van der Waals surface area contributed by atoms with Crippen LogP contribution in [0, 0.1) is 0 Å². The molecule has 1 aromatic rings. The molecule has 94 valence electrons. The van der Waals surface area contributed by atoms with E-state index in [2.05, 4.69) is 0 Å². The van der Waals surface area contributed by atoms with Crippen molar-refractivity contribution < 1.29 is 19.1 Å². The van der Waals surface area contributed by atoms with Crippen molar-refractivity contribution in [2.75, 3.05) is 0 Å². The zero-order valence-corrected chi connectivity index (χ0v) is 10.1. The van der Waals surface area contributed by atoms with Crippen LogP contribution in [0.2, 0.25) is 0 Å². The maximum Gasteiger partial charge on any atom is 0.337 e. The second-order valence-corrected chi connectivity index (χ2v) is 4.56. The fourth-order valence-electron chi connectivity index (χ4n) is 1.57. The molecule has 0 saturated carbocycles. The number of carbonyl (C=O) groups excluding carboxylic acids is 3. The summed E-state index contributed by atoms with van der Waals surface area (Å²) in [6, 6.07) is 8.97. The Morgan fingerprint density at radius 1 is 1.33 bits per heavy atom. The molecule has 1 N–H and O–H groups in total. The molecule has 18 heavy (non-hydrogen) atoms. The second kappa shape index (κ2) is 4.78. The molecule has 5 nitrogen and oxygen atoms in total. The molecular formula is C12H10ClNO4. The molecule has 0 bridgehead atoms. The zero-order valence-electron chi connectivity index (χ0n) is 9.31. The fraction of sp³-hybridized carbons (Fsp3) is 0.250. The molecule has 0 aliphatic carbocycles. The number of hydrogen-bond acceptors (Lipinski definition) is 4. The van der Waals surface area contributed by atoms with Crippen molar-refractivity contribution in [3.63, 3.8) is 0 Å². The van der Waals surface area contributed by atoms with Gasteiger partial charge in [0.05, 0.1) is 6.42 Å². The van der Waals surface area contributed by atoms with Gasteiger partial charge >= 0.3 is 5.97 Å². The number of alkyl halides is 1. The van der Waals surface area contributed by atoms with Crippen LogP contribution in [0.4, 0.5) is 0 Å². The number of esters is 1. The van der Waals surface area contributed by atoms with Crippen molar-refractivity contribution in [1.82, 2.24) is 5.32 Å². The number of rotatable bonds is 3. The summed E-state index contributed by atoms with van der Waals surface area (Å²) in [6.07, 6.45) is -0.388. The van der Waals surface area contributed by atoms with E-state index in [0.29, 0.717) is 0 Å². The molecule has 2 amide bonds. The molecule has 1 aliphatic rings. The van der Waals surface area contributed by atoms with Crippen LogP contribution in [0.15, 0.2) is 30.3 Å². The first-order chi connectivity index (χ1) is 8.52. The fourth-order valence-corrected chi connectivity index (χ4v) is 1.80. The third-order valence-corrected chi connectivity index (χ3v) is 3.01. The van der Waals surface area contributed by atoms with E-state index in [1.54, 1.807) is 24.3 Å². The molecule has 2 rings (SSSR count). The molecule has 1 aromatic carbocycles. The minimum atomic E-state index is -1.92. The largest absolute Gasteiger partial charge is 0.459 e. The van der Waals surface area contributed by atoms with Gasteiger partial charge < -0.3 is 4.74 Å². The van der Waals surface area contributed by atoms with Gasteiger partial charge in [0.15, 0.2) is 0 Å². The Morgan fingerprint density at radius 2 is 2.00 bits per heavy atom. The highest BCUT2D eigenvalue weighted by molar-refractivity contribution is 6.49.